The summed E-state index contributed by atoms with van der Waals surface area (Å²) >= 11 is 0.426. The Balaban J connectivity index is 1.95. The molecule has 1 aliphatic heterocycles. The van der Waals surface area contributed by atoms with E-state index in [-0.39, 0.29) is 17.4 Å². The van der Waals surface area contributed by atoms with Crippen molar-refractivity contribution in [3.8, 4) is 0 Å². The van der Waals surface area contributed by atoms with Crippen molar-refractivity contribution in [2.24, 2.45) is 5.92 Å². The van der Waals surface area contributed by atoms with Gasteiger partial charge in [0.05, 0.1) is 17.4 Å². The monoisotopic (exact) mass is 321 g/mol. The second kappa shape index (κ2) is 6.09. The zero-order valence-corrected chi connectivity index (χ0v) is 12.0. The molecule has 1 aliphatic rings. The van der Waals surface area contributed by atoms with Crippen LogP contribution in [0.25, 0.3) is 0 Å². The van der Waals surface area contributed by atoms with E-state index < -0.39 is 21.5 Å². The number of carbonyl (C=O) groups is 1. The highest BCUT2D eigenvalue weighted by atomic mass is 32.2. The molecular formula is C12H13F2NO3S2. The number of sulfone groups is 1. The van der Waals surface area contributed by atoms with E-state index in [4.69, 9.17) is 0 Å². The first kappa shape index (κ1) is 15.2. The van der Waals surface area contributed by atoms with Crippen molar-refractivity contribution in [1.29, 1.82) is 0 Å². The van der Waals surface area contributed by atoms with Gasteiger partial charge in [-0.15, -0.1) is 0 Å². The summed E-state index contributed by atoms with van der Waals surface area (Å²) in [5.41, 5.74) is 0.470. The fourth-order valence-corrected chi connectivity index (χ4v) is 4.21. The maximum absolute atomic E-state index is 12.1. The Morgan fingerprint density at radius 2 is 1.95 bits per heavy atom. The topological polar surface area (TPSA) is 63.2 Å². The van der Waals surface area contributed by atoms with Crippen molar-refractivity contribution in [2.75, 3.05) is 16.8 Å². The summed E-state index contributed by atoms with van der Waals surface area (Å²) in [5.74, 6) is -3.46. The predicted molar refractivity (Wildman–Crippen MR) is 73.7 cm³/mol. The fraction of sp³-hybridized carbons (Fsp3) is 0.417. The molecule has 8 heteroatoms. The Kier molecular flexibility index (Phi) is 4.64. The van der Waals surface area contributed by atoms with Crippen molar-refractivity contribution < 1.29 is 22.0 Å². The van der Waals surface area contributed by atoms with Crippen LogP contribution in [0.5, 0.6) is 0 Å². The van der Waals surface area contributed by atoms with E-state index >= 15 is 0 Å². The number of alkyl halides is 2. The molecule has 1 amide bonds. The fourth-order valence-electron chi connectivity index (χ4n) is 1.97. The average Bonchev–Trinajstić information content (AvgIpc) is 2.72. The Bertz CT molecular complexity index is 587. The van der Waals surface area contributed by atoms with Gasteiger partial charge in [-0.3, -0.25) is 4.79 Å². The molecule has 1 saturated heterocycles. The zero-order valence-electron chi connectivity index (χ0n) is 10.4. The number of hydrogen-bond donors (Lipinski definition) is 1. The molecule has 0 aromatic heterocycles. The van der Waals surface area contributed by atoms with Gasteiger partial charge in [0.2, 0.25) is 5.91 Å². The molecule has 1 fully saturated rings. The lowest BCUT2D eigenvalue weighted by atomic mass is 10.1. The molecule has 0 saturated carbocycles. The average molecular weight is 321 g/mol. The van der Waals surface area contributed by atoms with E-state index in [2.05, 4.69) is 5.32 Å². The molecule has 1 N–H and O–H groups in total. The maximum atomic E-state index is 12.1. The molecule has 4 nitrogen and oxygen atoms in total. The van der Waals surface area contributed by atoms with Crippen LogP contribution in [0.2, 0.25) is 0 Å². The van der Waals surface area contributed by atoms with Crippen LogP contribution >= 0.6 is 11.8 Å². The Hall–Kier alpha value is -1.15. The SMILES string of the molecule is O=C(Nc1ccc(SC(F)F)cc1)C1CCS(=O)(=O)C1. The molecule has 0 spiro atoms. The van der Waals surface area contributed by atoms with E-state index in [9.17, 15) is 22.0 Å². The molecule has 0 bridgehead atoms. The van der Waals surface area contributed by atoms with Gasteiger partial charge in [0, 0.05) is 10.6 Å². The van der Waals surface area contributed by atoms with E-state index in [1.807, 2.05) is 0 Å². The van der Waals surface area contributed by atoms with E-state index in [1.54, 1.807) is 0 Å². The lowest BCUT2D eigenvalue weighted by Crippen LogP contribution is -2.23. The van der Waals surface area contributed by atoms with E-state index in [1.165, 1.54) is 24.3 Å². The van der Waals surface area contributed by atoms with Crippen molar-refractivity contribution >= 4 is 33.2 Å². The van der Waals surface area contributed by atoms with Gasteiger partial charge in [-0.2, -0.15) is 8.78 Å². The Morgan fingerprint density at radius 3 is 2.45 bits per heavy atom. The van der Waals surface area contributed by atoms with Crippen molar-refractivity contribution in [2.45, 2.75) is 17.1 Å². The molecule has 0 radical (unpaired) electrons. The van der Waals surface area contributed by atoms with Gasteiger partial charge in [0.25, 0.3) is 5.76 Å². The highest BCUT2D eigenvalue weighted by Gasteiger charge is 2.32. The number of amides is 1. The van der Waals surface area contributed by atoms with Crippen LogP contribution in [-0.2, 0) is 14.6 Å². The van der Waals surface area contributed by atoms with E-state index in [0.29, 0.717) is 28.8 Å². The second-order valence-corrected chi connectivity index (χ2v) is 7.78. The lowest BCUT2D eigenvalue weighted by Gasteiger charge is -2.10. The quantitative estimate of drug-likeness (QED) is 0.865. The molecule has 1 aromatic rings. The summed E-state index contributed by atoms with van der Waals surface area (Å²) < 4.78 is 46.9. The van der Waals surface area contributed by atoms with Crippen molar-refractivity contribution in [1.82, 2.24) is 0 Å². The highest BCUT2D eigenvalue weighted by molar-refractivity contribution is 7.99. The standard InChI is InChI=1S/C12H13F2NO3S2/c13-12(14)19-10-3-1-9(2-4-10)15-11(16)8-5-6-20(17,18)7-8/h1-4,8,12H,5-7H2,(H,15,16). The van der Waals surface area contributed by atoms with Gasteiger partial charge in [0.1, 0.15) is 0 Å². The molecular weight excluding hydrogens is 308 g/mol. The minimum Gasteiger partial charge on any atom is -0.326 e. The number of anilines is 1. The third-order valence-electron chi connectivity index (χ3n) is 2.95. The van der Waals surface area contributed by atoms with Gasteiger partial charge in [-0.05, 0) is 30.7 Å². The molecule has 1 aromatic carbocycles. The van der Waals surface area contributed by atoms with Gasteiger partial charge >= 0.3 is 0 Å². The third kappa shape index (κ3) is 4.17. The lowest BCUT2D eigenvalue weighted by molar-refractivity contribution is -0.119. The summed E-state index contributed by atoms with van der Waals surface area (Å²) in [6.07, 6.45) is 0.327. The van der Waals surface area contributed by atoms with Crippen LogP contribution in [0.3, 0.4) is 0 Å². The number of benzene rings is 1. The smallest absolute Gasteiger partial charge is 0.288 e. The van der Waals surface area contributed by atoms with Crippen LogP contribution in [0.1, 0.15) is 6.42 Å². The van der Waals surface area contributed by atoms with Crippen LogP contribution in [0.4, 0.5) is 14.5 Å². The molecule has 20 heavy (non-hydrogen) atoms. The number of carbonyl (C=O) groups excluding carboxylic acids is 1. The first-order valence-electron chi connectivity index (χ1n) is 5.92. The Morgan fingerprint density at radius 1 is 1.30 bits per heavy atom. The number of thioether (sulfide) groups is 1. The number of nitrogens with one attached hydrogen (secondary N) is 1. The van der Waals surface area contributed by atoms with Gasteiger partial charge < -0.3 is 5.32 Å². The summed E-state index contributed by atoms with van der Waals surface area (Å²) in [6, 6.07) is 6.01. The zero-order chi connectivity index (χ0) is 14.8. The van der Waals surface area contributed by atoms with Crippen molar-refractivity contribution in [3.05, 3.63) is 24.3 Å². The van der Waals surface area contributed by atoms with Crippen LogP contribution in [0, 0.1) is 5.92 Å². The van der Waals surface area contributed by atoms with Crippen molar-refractivity contribution in [3.63, 3.8) is 0 Å². The third-order valence-corrected chi connectivity index (χ3v) is 5.44. The first-order chi connectivity index (χ1) is 9.35. The van der Waals surface area contributed by atoms with Gasteiger partial charge in [-0.25, -0.2) is 8.42 Å². The molecule has 1 heterocycles. The highest BCUT2D eigenvalue weighted by Crippen LogP contribution is 2.26. The number of rotatable bonds is 4. The number of halogens is 2. The van der Waals surface area contributed by atoms with Crippen LogP contribution in [0.15, 0.2) is 29.2 Å². The van der Waals surface area contributed by atoms with Gasteiger partial charge in [0.15, 0.2) is 9.84 Å². The van der Waals surface area contributed by atoms with E-state index in [0.717, 1.165) is 0 Å². The molecule has 0 aliphatic carbocycles. The minimum absolute atomic E-state index is 0.0368. The maximum Gasteiger partial charge on any atom is 0.288 e. The molecule has 1 unspecified atom stereocenters. The minimum atomic E-state index is -3.10. The number of hydrogen-bond acceptors (Lipinski definition) is 4. The second-order valence-electron chi connectivity index (χ2n) is 4.49. The normalized spacial score (nSPS) is 21.1. The summed E-state index contributed by atoms with van der Waals surface area (Å²) in [4.78, 5) is 12.3. The van der Waals surface area contributed by atoms with Crippen LogP contribution < -0.4 is 5.32 Å². The van der Waals surface area contributed by atoms with Crippen LogP contribution in [-0.4, -0.2) is 31.6 Å². The molecule has 110 valence electrons. The summed E-state index contributed by atoms with van der Waals surface area (Å²) in [5, 5.41) is 2.60. The first-order valence-corrected chi connectivity index (χ1v) is 8.62. The largest absolute Gasteiger partial charge is 0.326 e. The van der Waals surface area contributed by atoms with Gasteiger partial charge in [-0.1, -0.05) is 11.8 Å². The molecule has 2 rings (SSSR count). The summed E-state index contributed by atoms with van der Waals surface area (Å²) in [7, 11) is -3.10. The Labute approximate surface area is 119 Å². The predicted octanol–water partition coefficient (Wildman–Crippen LogP) is 2.37. The molecule has 1 atom stereocenters. The summed E-state index contributed by atoms with van der Waals surface area (Å²) in [6.45, 7) is 0.